The lowest BCUT2D eigenvalue weighted by Crippen LogP contribution is -2.31. The molecule has 2 aromatic carbocycles. The molecule has 0 aliphatic rings. The molecule has 8 heteroatoms. The lowest BCUT2D eigenvalue weighted by molar-refractivity contribution is -0.119. The van der Waals surface area contributed by atoms with E-state index in [9.17, 15) is 9.59 Å². The number of benzene rings is 2. The molecule has 36 heavy (non-hydrogen) atoms. The van der Waals surface area contributed by atoms with Gasteiger partial charge in [0.2, 0.25) is 5.91 Å². The van der Waals surface area contributed by atoms with Crippen LogP contribution in [0, 0.1) is 0 Å². The molecule has 182 valence electrons. The van der Waals surface area contributed by atoms with Gasteiger partial charge in [0.1, 0.15) is 0 Å². The van der Waals surface area contributed by atoms with E-state index in [0.29, 0.717) is 18.7 Å². The van der Waals surface area contributed by atoms with Gasteiger partial charge in [0, 0.05) is 45.6 Å². The van der Waals surface area contributed by atoms with Crippen LogP contribution in [0.4, 0.5) is 0 Å². The Balaban J connectivity index is 1.54. The molecule has 2 heterocycles. The van der Waals surface area contributed by atoms with Gasteiger partial charge in [-0.05, 0) is 35.9 Å². The maximum Gasteiger partial charge on any atom is 0.252 e. The molecule has 7 nitrogen and oxygen atoms in total. The van der Waals surface area contributed by atoms with Gasteiger partial charge in [-0.1, -0.05) is 65.0 Å². The normalized spacial score (nSPS) is 11.8. The molecule has 0 aliphatic heterocycles. The van der Waals surface area contributed by atoms with Crippen molar-refractivity contribution in [3.63, 3.8) is 0 Å². The van der Waals surface area contributed by atoms with E-state index in [2.05, 4.69) is 38.1 Å². The molecule has 0 saturated carbocycles. The first-order valence-corrected chi connectivity index (χ1v) is 12.2. The number of amides is 2. The van der Waals surface area contributed by atoms with Gasteiger partial charge in [-0.3, -0.25) is 9.59 Å². The Morgan fingerprint density at radius 2 is 1.94 bits per heavy atom. The van der Waals surface area contributed by atoms with Gasteiger partial charge < -0.3 is 21.4 Å². The smallest absolute Gasteiger partial charge is 0.252 e. The fraction of sp³-hybridized carbons (Fsp3) is 0.107. The number of nitrogens with zero attached hydrogens (tertiary/aromatic N) is 1. The van der Waals surface area contributed by atoms with Crippen LogP contribution in [0.2, 0.25) is 0 Å². The number of nitrogens with two attached hydrogens (primary N) is 1. The summed E-state index contributed by atoms with van der Waals surface area (Å²) < 4.78 is 0.969. The minimum absolute atomic E-state index is 0.0600. The Labute approximate surface area is 217 Å². The molecule has 4 aromatic rings. The summed E-state index contributed by atoms with van der Waals surface area (Å²) in [4.78, 5) is 32.6. The fourth-order valence-corrected chi connectivity index (χ4v) is 4.15. The Kier molecular flexibility index (Phi) is 8.10. The SMILES string of the molecule is C=C/C(=C\C=C\CNC(=O)c1cc(-c2c[nH]c3ccc(Br)cc23)nc2ccccc12)CNC(=O)CN. The molecule has 2 aromatic heterocycles. The lowest BCUT2D eigenvalue weighted by atomic mass is 10.0. The molecule has 0 atom stereocenters. The number of pyridine rings is 1. The summed E-state index contributed by atoms with van der Waals surface area (Å²) in [5.41, 5.74) is 10.1. The highest BCUT2D eigenvalue weighted by Gasteiger charge is 2.15. The Hall–Kier alpha value is -4.01. The van der Waals surface area contributed by atoms with Crippen molar-refractivity contribution in [2.75, 3.05) is 19.6 Å². The van der Waals surface area contributed by atoms with E-state index < -0.39 is 0 Å². The van der Waals surface area contributed by atoms with Crippen molar-refractivity contribution in [2.24, 2.45) is 5.73 Å². The maximum absolute atomic E-state index is 13.2. The third kappa shape index (κ3) is 5.79. The van der Waals surface area contributed by atoms with Crippen LogP contribution in [0.3, 0.4) is 0 Å². The third-order valence-electron chi connectivity index (χ3n) is 5.64. The highest BCUT2D eigenvalue weighted by Crippen LogP contribution is 2.32. The number of aromatic nitrogens is 2. The van der Waals surface area contributed by atoms with E-state index in [1.807, 2.05) is 73.0 Å². The van der Waals surface area contributed by atoms with Crippen LogP contribution in [0.15, 0.2) is 95.7 Å². The van der Waals surface area contributed by atoms with Crippen LogP contribution in [0.5, 0.6) is 0 Å². The molecule has 0 aliphatic carbocycles. The summed E-state index contributed by atoms with van der Waals surface area (Å²) in [6, 6.07) is 15.5. The molecule has 0 saturated heterocycles. The number of hydrogen-bond acceptors (Lipinski definition) is 4. The number of rotatable bonds is 9. The second kappa shape index (κ2) is 11.6. The molecule has 2 amide bonds. The van der Waals surface area contributed by atoms with Crippen LogP contribution in [0.1, 0.15) is 10.4 Å². The summed E-state index contributed by atoms with van der Waals surface area (Å²) in [6.45, 7) is 4.36. The zero-order chi connectivity index (χ0) is 25.5. The topological polar surface area (TPSA) is 113 Å². The molecule has 0 bridgehead atoms. The molecule has 4 rings (SSSR count). The van der Waals surface area contributed by atoms with Crippen molar-refractivity contribution in [3.05, 3.63) is 101 Å². The van der Waals surface area contributed by atoms with Crippen LogP contribution in [0.25, 0.3) is 33.1 Å². The number of para-hydroxylation sites is 1. The van der Waals surface area contributed by atoms with Gasteiger partial charge in [-0.15, -0.1) is 0 Å². The van der Waals surface area contributed by atoms with Crippen molar-refractivity contribution in [2.45, 2.75) is 0 Å². The van der Waals surface area contributed by atoms with Crippen molar-refractivity contribution in [1.29, 1.82) is 0 Å². The zero-order valence-corrected chi connectivity index (χ0v) is 21.1. The average Bonchev–Trinajstić information content (AvgIpc) is 3.32. The van der Waals surface area contributed by atoms with Gasteiger partial charge in [-0.2, -0.15) is 0 Å². The average molecular weight is 544 g/mol. The minimum Gasteiger partial charge on any atom is -0.360 e. The summed E-state index contributed by atoms with van der Waals surface area (Å²) in [5, 5.41) is 7.45. The number of carbonyl (C=O) groups excluding carboxylic acids is 2. The van der Waals surface area contributed by atoms with E-state index in [1.54, 1.807) is 6.08 Å². The van der Waals surface area contributed by atoms with Crippen molar-refractivity contribution in [1.82, 2.24) is 20.6 Å². The van der Waals surface area contributed by atoms with E-state index in [4.69, 9.17) is 10.7 Å². The van der Waals surface area contributed by atoms with Gasteiger partial charge >= 0.3 is 0 Å². The Bertz CT molecular complexity index is 1500. The summed E-state index contributed by atoms with van der Waals surface area (Å²) >= 11 is 3.54. The number of aromatic amines is 1. The number of halogens is 1. The quantitative estimate of drug-likeness (QED) is 0.231. The maximum atomic E-state index is 13.2. The van der Waals surface area contributed by atoms with Gasteiger partial charge in [0.05, 0.1) is 23.3 Å². The Morgan fingerprint density at radius 1 is 1.11 bits per heavy atom. The largest absolute Gasteiger partial charge is 0.360 e. The first-order valence-electron chi connectivity index (χ1n) is 11.4. The van der Waals surface area contributed by atoms with E-state index >= 15 is 0 Å². The molecule has 0 spiro atoms. The molecule has 0 unspecified atom stereocenters. The monoisotopic (exact) mass is 543 g/mol. The van der Waals surface area contributed by atoms with Crippen molar-refractivity contribution >= 4 is 49.6 Å². The van der Waals surface area contributed by atoms with Crippen LogP contribution in [-0.2, 0) is 4.79 Å². The Morgan fingerprint density at radius 3 is 2.75 bits per heavy atom. The highest BCUT2D eigenvalue weighted by atomic mass is 79.9. The standard InChI is InChI=1S/C28H26BrN5O2/c1-2-18(16-33-27(35)15-30)7-5-6-12-31-28(36)22-14-26(34-25-9-4-3-8-20(22)25)23-17-32-24-11-10-19(29)13-21(23)24/h2-11,13-14,17,32H,1,12,15-16,30H2,(H,31,36)(H,33,35)/b6-5+,18-7+. The van der Waals surface area contributed by atoms with E-state index in [1.165, 1.54) is 0 Å². The number of H-pyrrole nitrogens is 1. The first kappa shape index (κ1) is 25.1. The van der Waals surface area contributed by atoms with Crippen LogP contribution >= 0.6 is 15.9 Å². The number of carbonyl (C=O) groups is 2. The van der Waals surface area contributed by atoms with E-state index in [0.717, 1.165) is 43.1 Å². The number of allylic oxidation sites excluding steroid dienone is 2. The number of fused-ring (bicyclic) bond motifs is 2. The fourth-order valence-electron chi connectivity index (χ4n) is 3.78. The second-order valence-corrected chi connectivity index (χ2v) is 8.94. The van der Waals surface area contributed by atoms with Gasteiger partial charge in [-0.25, -0.2) is 4.98 Å². The van der Waals surface area contributed by atoms with Gasteiger partial charge in [0.15, 0.2) is 0 Å². The lowest BCUT2D eigenvalue weighted by Gasteiger charge is -2.09. The first-order chi connectivity index (χ1) is 17.5. The van der Waals surface area contributed by atoms with Crippen LogP contribution in [-0.4, -0.2) is 41.4 Å². The second-order valence-electron chi connectivity index (χ2n) is 8.03. The predicted octanol–water partition coefficient (Wildman–Crippen LogP) is 4.62. The number of hydrogen-bond donors (Lipinski definition) is 4. The zero-order valence-electron chi connectivity index (χ0n) is 19.6. The van der Waals surface area contributed by atoms with Crippen molar-refractivity contribution < 1.29 is 9.59 Å². The van der Waals surface area contributed by atoms with E-state index in [-0.39, 0.29) is 18.4 Å². The summed E-state index contributed by atoms with van der Waals surface area (Å²) in [6.07, 6.45) is 9.04. The third-order valence-corrected chi connectivity index (χ3v) is 6.14. The predicted molar refractivity (Wildman–Crippen MR) is 149 cm³/mol. The summed E-state index contributed by atoms with van der Waals surface area (Å²) in [7, 11) is 0. The summed E-state index contributed by atoms with van der Waals surface area (Å²) in [5.74, 6) is -0.424. The van der Waals surface area contributed by atoms with Crippen molar-refractivity contribution in [3.8, 4) is 11.3 Å². The highest BCUT2D eigenvalue weighted by molar-refractivity contribution is 9.10. The minimum atomic E-state index is -0.233. The molecule has 5 N–H and O–H groups in total. The molecular weight excluding hydrogens is 518 g/mol. The number of nitrogens with one attached hydrogen (secondary N) is 3. The molecule has 0 fully saturated rings. The van der Waals surface area contributed by atoms with Crippen LogP contribution < -0.4 is 16.4 Å². The molecular formula is C28H26BrN5O2. The molecule has 0 radical (unpaired) electrons. The van der Waals surface area contributed by atoms with Gasteiger partial charge in [0.25, 0.3) is 5.91 Å².